The highest BCUT2D eigenvalue weighted by Gasteiger charge is 2.27. The zero-order chi connectivity index (χ0) is 20.1. The number of nitrogens with zero attached hydrogens (tertiary/aromatic N) is 3. The molecule has 0 bridgehead atoms. The van der Waals surface area contributed by atoms with Gasteiger partial charge in [-0.05, 0) is 67.1 Å². The van der Waals surface area contributed by atoms with Crippen molar-refractivity contribution >= 4 is 11.6 Å². The quantitative estimate of drug-likeness (QED) is 0.535. The lowest BCUT2D eigenvalue weighted by Crippen LogP contribution is -2.33. The molecule has 0 spiro atoms. The van der Waals surface area contributed by atoms with Gasteiger partial charge in [0.05, 0.1) is 29.6 Å². The van der Waals surface area contributed by atoms with Crippen molar-refractivity contribution in [3.63, 3.8) is 0 Å². The highest BCUT2D eigenvalue weighted by atomic mass is 35.5. The zero-order valence-corrected chi connectivity index (χ0v) is 17.5. The summed E-state index contributed by atoms with van der Waals surface area (Å²) in [6.45, 7) is 1.64. The molecule has 0 saturated heterocycles. The Labute approximate surface area is 177 Å². The lowest BCUT2D eigenvalue weighted by atomic mass is 9.90. The van der Waals surface area contributed by atoms with Crippen LogP contribution in [0, 0.1) is 0 Å². The van der Waals surface area contributed by atoms with E-state index in [9.17, 15) is 0 Å². The Morgan fingerprint density at radius 2 is 1.86 bits per heavy atom. The summed E-state index contributed by atoms with van der Waals surface area (Å²) in [4.78, 5) is 11.8. The van der Waals surface area contributed by atoms with Crippen molar-refractivity contribution in [3.05, 3.63) is 88.5 Å². The summed E-state index contributed by atoms with van der Waals surface area (Å²) in [5.41, 5.74) is 4.79. The predicted molar refractivity (Wildman–Crippen MR) is 116 cm³/mol. The number of aryl methyl sites for hydroxylation is 1. The van der Waals surface area contributed by atoms with E-state index in [4.69, 9.17) is 21.3 Å². The van der Waals surface area contributed by atoms with Gasteiger partial charge >= 0.3 is 0 Å². The SMILES string of the molecule is COc1ccc(CCN(Cc2ncccc2Cl)[C@H]2CCCc3cccnc32)cc1. The van der Waals surface area contributed by atoms with Gasteiger partial charge < -0.3 is 4.74 Å². The highest BCUT2D eigenvalue weighted by Crippen LogP contribution is 2.34. The molecule has 29 heavy (non-hydrogen) atoms. The summed E-state index contributed by atoms with van der Waals surface area (Å²) >= 11 is 6.44. The second kappa shape index (κ2) is 9.38. The van der Waals surface area contributed by atoms with Crippen molar-refractivity contribution in [2.24, 2.45) is 0 Å². The first kappa shape index (κ1) is 19.9. The predicted octanol–water partition coefficient (Wildman–Crippen LogP) is 5.26. The van der Waals surface area contributed by atoms with Crippen molar-refractivity contribution in [1.29, 1.82) is 0 Å². The molecule has 0 amide bonds. The van der Waals surface area contributed by atoms with Gasteiger partial charge in [0.15, 0.2) is 0 Å². The fourth-order valence-corrected chi connectivity index (χ4v) is 4.26. The molecule has 4 rings (SSSR count). The third-order valence-corrected chi connectivity index (χ3v) is 5.98. The molecule has 0 radical (unpaired) electrons. The number of halogens is 1. The summed E-state index contributed by atoms with van der Waals surface area (Å²) in [5.74, 6) is 0.885. The van der Waals surface area contributed by atoms with Gasteiger partial charge in [-0.2, -0.15) is 0 Å². The average Bonchev–Trinajstić information content (AvgIpc) is 2.78. The molecular formula is C24H26ClN3O. The number of aromatic nitrogens is 2. The molecule has 0 fully saturated rings. The van der Waals surface area contributed by atoms with Crippen LogP contribution in [0.25, 0.3) is 0 Å². The van der Waals surface area contributed by atoms with Crippen LogP contribution < -0.4 is 4.74 Å². The number of hydrogen-bond donors (Lipinski definition) is 0. The normalized spacial score (nSPS) is 15.9. The molecule has 0 unspecified atom stereocenters. The molecule has 150 valence electrons. The number of benzene rings is 1. The van der Waals surface area contributed by atoms with Crippen molar-refractivity contribution in [1.82, 2.24) is 14.9 Å². The standard InChI is InChI=1S/C24H26ClN3O/c1-29-20-11-9-18(10-12-20)13-16-28(17-22-21(25)7-4-14-26-22)23-8-2-5-19-6-3-15-27-24(19)23/h3-4,6-7,9-12,14-15,23H,2,5,8,13,16-17H2,1H3/t23-/m0/s1. The van der Waals surface area contributed by atoms with E-state index in [1.165, 1.54) is 23.2 Å². The second-order valence-electron chi connectivity index (χ2n) is 7.46. The van der Waals surface area contributed by atoms with E-state index in [0.717, 1.165) is 48.8 Å². The van der Waals surface area contributed by atoms with Crippen LogP contribution in [0.15, 0.2) is 60.9 Å². The van der Waals surface area contributed by atoms with E-state index in [-0.39, 0.29) is 6.04 Å². The summed E-state index contributed by atoms with van der Waals surface area (Å²) < 4.78 is 5.28. The van der Waals surface area contributed by atoms with Crippen molar-refractivity contribution in [3.8, 4) is 5.75 Å². The fourth-order valence-electron chi connectivity index (χ4n) is 4.08. The smallest absolute Gasteiger partial charge is 0.118 e. The van der Waals surface area contributed by atoms with E-state index in [1.54, 1.807) is 7.11 Å². The molecule has 0 aliphatic heterocycles. The number of methoxy groups -OCH3 is 1. The van der Waals surface area contributed by atoms with Crippen LogP contribution in [-0.2, 0) is 19.4 Å². The molecule has 5 heteroatoms. The van der Waals surface area contributed by atoms with E-state index in [0.29, 0.717) is 0 Å². The number of fused-ring (bicyclic) bond motifs is 1. The van der Waals surface area contributed by atoms with Crippen LogP contribution in [0.4, 0.5) is 0 Å². The van der Waals surface area contributed by atoms with Crippen LogP contribution in [0.5, 0.6) is 5.75 Å². The molecule has 1 aromatic carbocycles. The van der Waals surface area contributed by atoms with Crippen LogP contribution in [0.2, 0.25) is 5.02 Å². The topological polar surface area (TPSA) is 38.2 Å². The molecule has 3 aromatic rings. The summed E-state index contributed by atoms with van der Waals surface area (Å²) in [5, 5.41) is 0.721. The van der Waals surface area contributed by atoms with Crippen LogP contribution in [0.1, 0.15) is 41.4 Å². The van der Waals surface area contributed by atoms with Gasteiger partial charge in [-0.3, -0.25) is 14.9 Å². The Bertz CT molecular complexity index is 945. The molecule has 1 aliphatic carbocycles. The molecule has 2 aromatic heterocycles. The van der Waals surface area contributed by atoms with Crippen molar-refractivity contribution < 1.29 is 4.74 Å². The molecule has 0 N–H and O–H groups in total. The lowest BCUT2D eigenvalue weighted by Gasteiger charge is -2.35. The summed E-state index contributed by atoms with van der Waals surface area (Å²) in [6.07, 6.45) is 8.07. The Hall–Kier alpha value is -2.43. The fraction of sp³-hybridized carbons (Fsp3) is 0.333. The second-order valence-corrected chi connectivity index (χ2v) is 7.86. The van der Waals surface area contributed by atoms with E-state index in [2.05, 4.69) is 28.1 Å². The molecule has 2 heterocycles. The summed E-state index contributed by atoms with van der Waals surface area (Å²) in [6, 6.07) is 16.7. The first-order valence-electron chi connectivity index (χ1n) is 10.1. The van der Waals surface area contributed by atoms with Gasteiger partial charge in [0.2, 0.25) is 0 Å². The van der Waals surface area contributed by atoms with Gasteiger partial charge in [-0.25, -0.2) is 0 Å². The first-order chi connectivity index (χ1) is 14.2. The minimum Gasteiger partial charge on any atom is -0.497 e. The largest absolute Gasteiger partial charge is 0.497 e. The Kier molecular flexibility index (Phi) is 6.43. The van der Waals surface area contributed by atoms with Gasteiger partial charge in [0.1, 0.15) is 5.75 Å². The van der Waals surface area contributed by atoms with Gasteiger partial charge in [-0.15, -0.1) is 0 Å². The lowest BCUT2D eigenvalue weighted by molar-refractivity contribution is 0.166. The third-order valence-electron chi connectivity index (χ3n) is 5.64. The Balaban J connectivity index is 1.58. The average molecular weight is 408 g/mol. The Morgan fingerprint density at radius 3 is 2.66 bits per heavy atom. The van der Waals surface area contributed by atoms with Crippen molar-refractivity contribution in [2.75, 3.05) is 13.7 Å². The monoisotopic (exact) mass is 407 g/mol. The third kappa shape index (κ3) is 4.77. The van der Waals surface area contributed by atoms with Crippen LogP contribution in [-0.4, -0.2) is 28.5 Å². The van der Waals surface area contributed by atoms with Gasteiger partial charge in [0.25, 0.3) is 0 Å². The number of rotatable bonds is 7. The molecular weight excluding hydrogens is 382 g/mol. The maximum Gasteiger partial charge on any atom is 0.118 e. The minimum atomic E-state index is 0.288. The van der Waals surface area contributed by atoms with E-state index >= 15 is 0 Å². The minimum absolute atomic E-state index is 0.288. The van der Waals surface area contributed by atoms with Crippen molar-refractivity contribution in [2.45, 2.75) is 38.3 Å². The van der Waals surface area contributed by atoms with Gasteiger partial charge in [0, 0.05) is 25.5 Å². The summed E-state index contributed by atoms with van der Waals surface area (Å²) in [7, 11) is 1.70. The molecule has 1 aliphatic rings. The van der Waals surface area contributed by atoms with E-state index in [1.807, 2.05) is 42.7 Å². The zero-order valence-electron chi connectivity index (χ0n) is 16.7. The van der Waals surface area contributed by atoms with Crippen LogP contribution in [0.3, 0.4) is 0 Å². The maximum atomic E-state index is 6.44. The van der Waals surface area contributed by atoms with Crippen LogP contribution >= 0.6 is 11.6 Å². The molecule has 1 atom stereocenters. The molecule has 4 nitrogen and oxygen atoms in total. The highest BCUT2D eigenvalue weighted by molar-refractivity contribution is 6.31. The van der Waals surface area contributed by atoms with Gasteiger partial charge in [-0.1, -0.05) is 29.8 Å². The number of ether oxygens (including phenoxy) is 1. The van der Waals surface area contributed by atoms with E-state index < -0.39 is 0 Å². The Morgan fingerprint density at radius 1 is 1.07 bits per heavy atom. The maximum absolute atomic E-state index is 6.44. The molecule has 0 saturated carbocycles. The number of pyridine rings is 2. The first-order valence-corrected chi connectivity index (χ1v) is 10.5. The number of hydrogen-bond acceptors (Lipinski definition) is 4.